The lowest BCUT2D eigenvalue weighted by Crippen LogP contribution is -2.49. The maximum Gasteiger partial charge on any atom is 0.234 e. The zero-order chi connectivity index (χ0) is 15.4. The molecule has 2 heterocycles. The number of hydrogen-bond donors (Lipinski definition) is 1. The summed E-state index contributed by atoms with van der Waals surface area (Å²) in [7, 11) is 0. The van der Waals surface area contributed by atoms with Crippen LogP contribution < -0.4 is 10.1 Å². The van der Waals surface area contributed by atoms with E-state index in [0.29, 0.717) is 13.2 Å². The molecule has 0 radical (unpaired) electrons. The van der Waals surface area contributed by atoms with Crippen LogP contribution >= 0.6 is 0 Å². The Kier molecular flexibility index (Phi) is 4.95. The predicted molar refractivity (Wildman–Crippen MR) is 86.0 cm³/mol. The Morgan fingerprint density at radius 2 is 1.95 bits per heavy atom. The molecule has 2 aliphatic heterocycles. The van der Waals surface area contributed by atoms with Crippen LogP contribution in [0.25, 0.3) is 0 Å². The van der Waals surface area contributed by atoms with E-state index in [9.17, 15) is 4.79 Å². The van der Waals surface area contributed by atoms with E-state index in [-0.39, 0.29) is 11.9 Å². The first-order chi connectivity index (χ1) is 10.8. The van der Waals surface area contributed by atoms with Crippen LogP contribution in [-0.2, 0) is 4.79 Å². The highest BCUT2D eigenvalue weighted by atomic mass is 16.5. The van der Waals surface area contributed by atoms with Gasteiger partial charge in [0.25, 0.3) is 0 Å². The molecule has 0 bridgehead atoms. The molecule has 5 nitrogen and oxygen atoms in total. The number of fused-ring (bicyclic) bond motifs is 1. The van der Waals surface area contributed by atoms with Gasteiger partial charge in [-0.1, -0.05) is 25.1 Å². The van der Waals surface area contributed by atoms with E-state index in [1.54, 1.807) is 0 Å². The number of likely N-dealkylation sites (N-methyl/N-ethyl adjacent to an activating group) is 1. The molecule has 1 aromatic rings. The van der Waals surface area contributed by atoms with Gasteiger partial charge >= 0.3 is 0 Å². The van der Waals surface area contributed by atoms with E-state index in [0.717, 1.165) is 50.5 Å². The Bertz CT molecular complexity index is 512. The van der Waals surface area contributed by atoms with Crippen molar-refractivity contribution in [3.8, 4) is 5.75 Å². The first kappa shape index (κ1) is 15.3. The molecule has 1 atom stereocenters. The number of ether oxygens (including phenoxy) is 1. The molecule has 1 fully saturated rings. The zero-order valence-corrected chi connectivity index (χ0v) is 13.3. The molecule has 5 heteroatoms. The Morgan fingerprint density at radius 3 is 2.73 bits per heavy atom. The number of amides is 1. The number of nitrogens with one attached hydrogen (secondary N) is 1. The summed E-state index contributed by atoms with van der Waals surface area (Å²) in [4.78, 5) is 17.0. The molecule has 0 saturated carbocycles. The Labute approximate surface area is 132 Å². The third-order valence-corrected chi connectivity index (χ3v) is 4.57. The molecule has 1 N–H and O–H groups in total. The number of hydrogen-bond acceptors (Lipinski definition) is 4. The molecule has 120 valence electrons. The van der Waals surface area contributed by atoms with E-state index in [1.807, 2.05) is 24.3 Å². The van der Waals surface area contributed by atoms with E-state index in [1.165, 1.54) is 0 Å². The molecule has 2 aliphatic rings. The van der Waals surface area contributed by atoms with Crippen LogP contribution in [0.5, 0.6) is 5.75 Å². The molecule has 0 spiro atoms. The van der Waals surface area contributed by atoms with Crippen LogP contribution in [0.2, 0.25) is 0 Å². The van der Waals surface area contributed by atoms with Gasteiger partial charge in [0.2, 0.25) is 5.91 Å². The van der Waals surface area contributed by atoms with Crippen molar-refractivity contribution < 1.29 is 9.53 Å². The second kappa shape index (κ2) is 7.11. The van der Waals surface area contributed by atoms with Crippen LogP contribution in [0.4, 0.5) is 0 Å². The summed E-state index contributed by atoms with van der Waals surface area (Å²) in [6.07, 6.45) is 0.840. The molecule has 1 saturated heterocycles. The SMILES string of the molecule is CCN1CCN(CC(=O)NC2CCOc3ccccc32)CC1. The van der Waals surface area contributed by atoms with Gasteiger partial charge in [0.1, 0.15) is 5.75 Å². The summed E-state index contributed by atoms with van der Waals surface area (Å²) >= 11 is 0. The number of para-hydroxylation sites is 1. The summed E-state index contributed by atoms with van der Waals surface area (Å²) in [5, 5.41) is 3.17. The number of rotatable bonds is 4. The normalized spacial score (nSPS) is 22.7. The van der Waals surface area contributed by atoms with Gasteiger partial charge in [-0.05, 0) is 12.6 Å². The van der Waals surface area contributed by atoms with Gasteiger partial charge < -0.3 is 15.0 Å². The summed E-state index contributed by atoms with van der Waals surface area (Å²) < 4.78 is 5.64. The lowest BCUT2D eigenvalue weighted by Gasteiger charge is -2.34. The van der Waals surface area contributed by atoms with Crippen LogP contribution in [0.15, 0.2) is 24.3 Å². The fourth-order valence-corrected chi connectivity index (χ4v) is 3.20. The zero-order valence-electron chi connectivity index (χ0n) is 13.3. The third kappa shape index (κ3) is 3.59. The van der Waals surface area contributed by atoms with E-state index >= 15 is 0 Å². The van der Waals surface area contributed by atoms with Gasteiger partial charge in [0, 0.05) is 38.2 Å². The minimum atomic E-state index is 0.0781. The second-order valence-corrected chi connectivity index (χ2v) is 6.01. The Balaban J connectivity index is 1.53. The van der Waals surface area contributed by atoms with Crippen molar-refractivity contribution in [3.63, 3.8) is 0 Å². The van der Waals surface area contributed by atoms with Crippen LogP contribution in [0.1, 0.15) is 24.9 Å². The van der Waals surface area contributed by atoms with Crippen LogP contribution in [-0.4, -0.2) is 61.6 Å². The molecular weight excluding hydrogens is 278 g/mol. The molecule has 3 rings (SSSR count). The van der Waals surface area contributed by atoms with Gasteiger partial charge in [-0.2, -0.15) is 0 Å². The fourth-order valence-electron chi connectivity index (χ4n) is 3.20. The lowest BCUT2D eigenvalue weighted by atomic mass is 10.0. The first-order valence-corrected chi connectivity index (χ1v) is 8.22. The van der Waals surface area contributed by atoms with Crippen LogP contribution in [0.3, 0.4) is 0 Å². The van der Waals surface area contributed by atoms with Gasteiger partial charge in [-0.25, -0.2) is 0 Å². The average Bonchev–Trinajstić information content (AvgIpc) is 2.56. The second-order valence-electron chi connectivity index (χ2n) is 6.01. The average molecular weight is 303 g/mol. The standard InChI is InChI=1S/C17H25N3O2/c1-2-19-8-10-20(11-9-19)13-17(21)18-15-7-12-22-16-6-4-3-5-14(15)16/h3-6,15H,2,7-13H2,1H3,(H,18,21). The quantitative estimate of drug-likeness (QED) is 0.910. The molecule has 1 amide bonds. The van der Waals surface area contributed by atoms with Gasteiger partial charge in [-0.3, -0.25) is 9.69 Å². The summed E-state index contributed by atoms with van der Waals surface area (Å²) in [6, 6.07) is 8.05. The van der Waals surface area contributed by atoms with Gasteiger partial charge in [-0.15, -0.1) is 0 Å². The monoisotopic (exact) mass is 303 g/mol. The number of piperazine rings is 1. The smallest absolute Gasteiger partial charge is 0.234 e. The van der Waals surface area contributed by atoms with E-state index in [4.69, 9.17) is 4.74 Å². The van der Waals surface area contributed by atoms with Crippen molar-refractivity contribution in [1.29, 1.82) is 0 Å². The van der Waals surface area contributed by atoms with Crippen molar-refractivity contribution in [1.82, 2.24) is 15.1 Å². The molecule has 0 aromatic heterocycles. The highest BCUT2D eigenvalue weighted by Crippen LogP contribution is 2.31. The topological polar surface area (TPSA) is 44.8 Å². The highest BCUT2D eigenvalue weighted by Gasteiger charge is 2.24. The molecule has 1 unspecified atom stereocenters. The lowest BCUT2D eigenvalue weighted by molar-refractivity contribution is -0.123. The largest absolute Gasteiger partial charge is 0.493 e. The minimum Gasteiger partial charge on any atom is -0.493 e. The highest BCUT2D eigenvalue weighted by molar-refractivity contribution is 5.78. The van der Waals surface area contributed by atoms with E-state index < -0.39 is 0 Å². The number of carbonyl (C=O) groups excluding carboxylic acids is 1. The molecular formula is C17H25N3O2. The maximum absolute atomic E-state index is 12.3. The minimum absolute atomic E-state index is 0.0781. The third-order valence-electron chi connectivity index (χ3n) is 4.57. The van der Waals surface area contributed by atoms with Crippen LogP contribution in [0, 0.1) is 0 Å². The predicted octanol–water partition coefficient (Wildman–Crippen LogP) is 1.26. The summed E-state index contributed by atoms with van der Waals surface area (Å²) in [6.45, 7) is 8.52. The number of nitrogens with zero attached hydrogens (tertiary/aromatic N) is 2. The van der Waals surface area contributed by atoms with Crippen molar-refractivity contribution in [2.24, 2.45) is 0 Å². The van der Waals surface area contributed by atoms with Crippen molar-refractivity contribution in [2.75, 3.05) is 45.9 Å². The number of carbonyl (C=O) groups is 1. The fraction of sp³-hybridized carbons (Fsp3) is 0.588. The Morgan fingerprint density at radius 1 is 1.23 bits per heavy atom. The van der Waals surface area contributed by atoms with Crippen molar-refractivity contribution in [2.45, 2.75) is 19.4 Å². The maximum atomic E-state index is 12.3. The van der Waals surface area contributed by atoms with Gasteiger partial charge in [0.15, 0.2) is 0 Å². The van der Waals surface area contributed by atoms with Crippen molar-refractivity contribution in [3.05, 3.63) is 29.8 Å². The molecule has 22 heavy (non-hydrogen) atoms. The summed E-state index contributed by atoms with van der Waals surface area (Å²) in [5.41, 5.74) is 1.10. The van der Waals surface area contributed by atoms with Gasteiger partial charge in [0.05, 0.1) is 19.2 Å². The first-order valence-electron chi connectivity index (χ1n) is 8.22. The van der Waals surface area contributed by atoms with Crippen molar-refractivity contribution >= 4 is 5.91 Å². The van der Waals surface area contributed by atoms with E-state index in [2.05, 4.69) is 22.0 Å². The Hall–Kier alpha value is -1.59. The molecule has 1 aromatic carbocycles. The number of benzene rings is 1. The molecule has 0 aliphatic carbocycles. The summed E-state index contributed by atoms with van der Waals surface area (Å²) in [5.74, 6) is 1.02.